The number of aromatic nitrogens is 4. The molecule has 0 bridgehead atoms. The number of rotatable bonds is 14. The molecule has 0 aliphatic heterocycles. The first-order valence-electron chi connectivity index (χ1n) is 9.36. The lowest BCUT2D eigenvalue weighted by Gasteiger charge is -2.04. The first kappa shape index (κ1) is 17.8. The molecule has 0 saturated carbocycles. The summed E-state index contributed by atoms with van der Waals surface area (Å²) in [5.74, 6) is 0. The molecule has 0 spiro atoms. The Bertz CT molecular complexity index is 417. The molecule has 0 aromatic carbocycles. The highest BCUT2D eigenvalue weighted by Crippen LogP contribution is 2.12. The van der Waals surface area contributed by atoms with E-state index in [1.165, 1.54) is 70.6 Å². The summed E-state index contributed by atoms with van der Waals surface area (Å²) in [6.07, 6.45) is 26.8. The topological polar surface area (TPSA) is 35.6 Å². The van der Waals surface area contributed by atoms with E-state index in [1.807, 2.05) is 25.0 Å². The van der Waals surface area contributed by atoms with Crippen LogP contribution in [0.4, 0.5) is 0 Å². The number of hydrogen-bond donors (Lipinski definition) is 0. The zero-order chi connectivity index (χ0) is 16.0. The fourth-order valence-corrected chi connectivity index (χ4v) is 3.02. The summed E-state index contributed by atoms with van der Waals surface area (Å²) in [4.78, 5) is 8.14. The largest absolute Gasteiger partial charge is 0.337 e. The Morgan fingerprint density at radius 2 is 0.826 bits per heavy atom. The molecule has 0 amide bonds. The van der Waals surface area contributed by atoms with Crippen molar-refractivity contribution >= 4 is 0 Å². The minimum absolute atomic E-state index is 1.12. The van der Waals surface area contributed by atoms with Crippen molar-refractivity contribution in [3.05, 3.63) is 37.4 Å². The average Bonchev–Trinajstić information content (AvgIpc) is 3.25. The second-order valence-corrected chi connectivity index (χ2v) is 6.49. The molecule has 2 rings (SSSR count). The summed E-state index contributed by atoms with van der Waals surface area (Å²) < 4.78 is 4.35. The number of nitrogens with zero attached hydrogens (tertiary/aromatic N) is 4. The van der Waals surface area contributed by atoms with Gasteiger partial charge in [0, 0.05) is 37.9 Å². The van der Waals surface area contributed by atoms with Crippen LogP contribution in [-0.4, -0.2) is 19.1 Å². The zero-order valence-corrected chi connectivity index (χ0v) is 14.4. The van der Waals surface area contributed by atoms with Crippen molar-refractivity contribution in [2.75, 3.05) is 0 Å². The van der Waals surface area contributed by atoms with Crippen molar-refractivity contribution in [2.45, 2.75) is 83.7 Å². The Morgan fingerprint density at radius 1 is 0.478 bits per heavy atom. The van der Waals surface area contributed by atoms with Gasteiger partial charge in [0.25, 0.3) is 0 Å². The minimum atomic E-state index is 1.12. The van der Waals surface area contributed by atoms with Gasteiger partial charge in [-0.25, -0.2) is 9.97 Å². The summed E-state index contributed by atoms with van der Waals surface area (Å²) >= 11 is 0. The molecule has 0 unspecified atom stereocenters. The van der Waals surface area contributed by atoms with E-state index in [0.29, 0.717) is 0 Å². The first-order valence-corrected chi connectivity index (χ1v) is 9.36. The van der Waals surface area contributed by atoms with Crippen molar-refractivity contribution < 1.29 is 0 Å². The summed E-state index contributed by atoms with van der Waals surface area (Å²) in [5, 5.41) is 0. The van der Waals surface area contributed by atoms with Gasteiger partial charge in [-0.05, 0) is 12.8 Å². The molecule has 0 saturated heterocycles. The van der Waals surface area contributed by atoms with Crippen LogP contribution in [0.5, 0.6) is 0 Å². The van der Waals surface area contributed by atoms with Gasteiger partial charge in [0.1, 0.15) is 0 Å². The van der Waals surface area contributed by atoms with Crippen LogP contribution < -0.4 is 0 Å². The molecule has 0 aliphatic rings. The molecule has 2 heterocycles. The molecule has 4 heteroatoms. The van der Waals surface area contributed by atoms with Gasteiger partial charge in [0.2, 0.25) is 0 Å². The second kappa shape index (κ2) is 11.9. The third kappa shape index (κ3) is 8.58. The van der Waals surface area contributed by atoms with E-state index >= 15 is 0 Å². The number of aryl methyl sites for hydroxylation is 2. The quantitative estimate of drug-likeness (QED) is 0.456. The van der Waals surface area contributed by atoms with Gasteiger partial charge in [-0.3, -0.25) is 0 Å². The molecule has 0 aliphatic carbocycles. The van der Waals surface area contributed by atoms with Crippen LogP contribution in [0.3, 0.4) is 0 Å². The van der Waals surface area contributed by atoms with Gasteiger partial charge in [-0.1, -0.05) is 57.8 Å². The highest BCUT2D eigenvalue weighted by Gasteiger charge is 1.95. The molecule has 128 valence electrons. The number of hydrogen-bond acceptors (Lipinski definition) is 2. The third-order valence-corrected chi connectivity index (χ3v) is 4.45. The molecule has 0 N–H and O–H groups in total. The lowest BCUT2D eigenvalue weighted by molar-refractivity contribution is 0.520. The average molecular weight is 316 g/mol. The van der Waals surface area contributed by atoms with Crippen molar-refractivity contribution in [2.24, 2.45) is 0 Å². The fraction of sp³-hybridized carbons (Fsp3) is 0.684. The normalized spacial score (nSPS) is 11.1. The summed E-state index contributed by atoms with van der Waals surface area (Å²) in [6.45, 7) is 2.25. The molecular weight excluding hydrogens is 284 g/mol. The standard InChI is InChI=1S/C19H32N4/c1(2-4-6-8-10-14-22-16-12-20-18-22)3-5-7-9-11-15-23-17-13-21-19-23/h12-13,16-19H,1-11,14-15H2. The molecular formula is C19H32N4. The van der Waals surface area contributed by atoms with E-state index < -0.39 is 0 Å². The van der Waals surface area contributed by atoms with Crippen LogP contribution in [0.15, 0.2) is 37.4 Å². The number of imidazole rings is 2. The summed E-state index contributed by atoms with van der Waals surface area (Å²) in [5.41, 5.74) is 0. The first-order chi connectivity index (χ1) is 11.4. The molecule has 2 aromatic heterocycles. The van der Waals surface area contributed by atoms with Crippen LogP contribution in [0, 0.1) is 0 Å². The summed E-state index contributed by atoms with van der Waals surface area (Å²) in [6, 6.07) is 0. The zero-order valence-electron chi connectivity index (χ0n) is 14.4. The maximum atomic E-state index is 4.07. The van der Waals surface area contributed by atoms with Crippen LogP contribution in [-0.2, 0) is 13.1 Å². The molecule has 4 nitrogen and oxygen atoms in total. The minimum Gasteiger partial charge on any atom is -0.337 e. The molecule has 0 radical (unpaired) electrons. The van der Waals surface area contributed by atoms with Gasteiger partial charge in [-0.2, -0.15) is 0 Å². The highest BCUT2D eigenvalue weighted by atomic mass is 15.0. The Kier molecular flexibility index (Phi) is 9.21. The smallest absolute Gasteiger partial charge is 0.0945 e. The van der Waals surface area contributed by atoms with Crippen LogP contribution >= 0.6 is 0 Å². The van der Waals surface area contributed by atoms with Crippen LogP contribution in [0.25, 0.3) is 0 Å². The van der Waals surface area contributed by atoms with E-state index in [2.05, 4.69) is 31.5 Å². The van der Waals surface area contributed by atoms with Gasteiger partial charge in [0.15, 0.2) is 0 Å². The van der Waals surface area contributed by atoms with E-state index in [0.717, 1.165) is 13.1 Å². The Labute approximate surface area is 141 Å². The van der Waals surface area contributed by atoms with Gasteiger partial charge in [-0.15, -0.1) is 0 Å². The van der Waals surface area contributed by atoms with Crippen molar-refractivity contribution in [1.29, 1.82) is 0 Å². The lowest BCUT2D eigenvalue weighted by Crippen LogP contribution is -1.94. The monoisotopic (exact) mass is 316 g/mol. The maximum absolute atomic E-state index is 4.07. The SMILES string of the molecule is c1cn(CCCCCCCCCCCCCn2ccnc2)cn1. The second-order valence-electron chi connectivity index (χ2n) is 6.49. The van der Waals surface area contributed by atoms with E-state index in [4.69, 9.17) is 0 Å². The van der Waals surface area contributed by atoms with Crippen molar-refractivity contribution in [3.63, 3.8) is 0 Å². The van der Waals surface area contributed by atoms with Gasteiger partial charge < -0.3 is 9.13 Å². The predicted octanol–water partition coefficient (Wildman–Crippen LogP) is 5.07. The predicted molar refractivity (Wildman–Crippen MR) is 95.2 cm³/mol. The maximum Gasteiger partial charge on any atom is 0.0945 e. The third-order valence-electron chi connectivity index (χ3n) is 4.45. The molecule has 0 atom stereocenters. The Hall–Kier alpha value is -1.58. The van der Waals surface area contributed by atoms with Crippen molar-refractivity contribution in [3.8, 4) is 0 Å². The lowest BCUT2D eigenvalue weighted by atomic mass is 10.1. The highest BCUT2D eigenvalue weighted by molar-refractivity contribution is 4.74. The molecule has 23 heavy (non-hydrogen) atoms. The Balaban J connectivity index is 1.27. The Morgan fingerprint density at radius 3 is 1.13 bits per heavy atom. The van der Waals surface area contributed by atoms with E-state index in [1.54, 1.807) is 0 Å². The van der Waals surface area contributed by atoms with E-state index in [-0.39, 0.29) is 0 Å². The number of unbranched alkanes of at least 4 members (excludes halogenated alkanes) is 10. The van der Waals surface area contributed by atoms with Gasteiger partial charge >= 0.3 is 0 Å². The van der Waals surface area contributed by atoms with Crippen LogP contribution in [0.2, 0.25) is 0 Å². The van der Waals surface area contributed by atoms with Crippen LogP contribution in [0.1, 0.15) is 70.6 Å². The molecule has 2 aromatic rings. The summed E-state index contributed by atoms with van der Waals surface area (Å²) in [7, 11) is 0. The van der Waals surface area contributed by atoms with Gasteiger partial charge in [0.05, 0.1) is 12.7 Å². The van der Waals surface area contributed by atoms with E-state index in [9.17, 15) is 0 Å². The fourth-order valence-electron chi connectivity index (χ4n) is 3.02. The molecule has 0 fully saturated rings. The van der Waals surface area contributed by atoms with Crippen molar-refractivity contribution in [1.82, 2.24) is 19.1 Å².